The van der Waals surface area contributed by atoms with Crippen molar-refractivity contribution in [1.82, 2.24) is 4.90 Å². The third kappa shape index (κ3) is 3.93. The maximum Gasteiger partial charge on any atom is 0.317 e. The summed E-state index contributed by atoms with van der Waals surface area (Å²) in [6.45, 7) is 2.99. The first-order valence-electron chi connectivity index (χ1n) is 3.08. The van der Waals surface area contributed by atoms with Crippen LogP contribution in [0.4, 0.5) is 0 Å². The highest BCUT2D eigenvalue weighted by molar-refractivity contribution is 5.69. The van der Waals surface area contributed by atoms with Crippen molar-refractivity contribution in [1.29, 1.82) is 0 Å². The molecule has 0 fully saturated rings. The molecule has 0 radical (unpaired) electrons. The van der Waals surface area contributed by atoms with Crippen molar-refractivity contribution in [3.05, 3.63) is 0 Å². The van der Waals surface area contributed by atoms with Gasteiger partial charge in [0.2, 0.25) is 0 Å². The van der Waals surface area contributed by atoms with E-state index in [0.29, 0.717) is 13.1 Å². The monoisotopic (exact) mass is 141 g/mol. The van der Waals surface area contributed by atoms with Gasteiger partial charge in [-0.2, -0.15) is 0 Å². The Labute approximate surface area is 60.6 Å². The van der Waals surface area contributed by atoms with Crippen LogP contribution >= 0.6 is 0 Å². The number of terminal acetylenes is 1. The molecule has 0 amide bonds. The summed E-state index contributed by atoms with van der Waals surface area (Å²) in [4.78, 5) is 11.8. The van der Waals surface area contributed by atoms with Crippen LogP contribution in [0.1, 0.15) is 6.92 Å². The first-order valence-corrected chi connectivity index (χ1v) is 3.08. The molecule has 0 aliphatic rings. The predicted octanol–water partition coefficient (Wildman–Crippen LogP) is 0.0261. The van der Waals surface area contributed by atoms with E-state index >= 15 is 0 Å². The number of carbonyl (C=O) groups is 1. The molecular formula is C7H11NO2. The highest BCUT2D eigenvalue weighted by atomic mass is 16.4. The average molecular weight is 141 g/mol. The SMILES string of the molecule is C#CCN(CC)CC(=O)O. The molecule has 0 aromatic heterocycles. The summed E-state index contributed by atoms with van der Waals surface area (Å²) in [7, 11) is 0. The molecule has 0 aromatic rings. The quantitative estimate of drug-likeness (QED) is 0.561. The molecule has 0 aliphatic heterocycles. The van der Waals surface area contributed by atoms with Gasteiger partial charge in [0.05, 0.1) is 13.1 Å². The van der Waals surface area contributed by atoms with Gasteiger partial charge >= 0.3 is 5.97 Å². The Morgan fingerprint density at radius 3 is 2.70 bits per heavy atom. The number of carboxylic acid groups (broad SMARTS) is 1. The fourth-order valence-corrected chi connectivity index (χ4v) is 0.600. The van der Waals surface area contributed by atoms with Crippen LogP contribution in [-0.4, -0.2) is 35.6 Å². The van der Waals surface area contributed by atoms with Crippen LogP contribution in [0.5, 0.6) is 0 Å². The summed E-state index contributed by atoms with van der Waals surface area (Å²) >= 11 is 0. The van der Waals surface area contributed by atoms with Crippen molar-refractivity contribution in [3.8, 4) is 12.3 Å². The highest BCUT2D eigenvalue weighted by Crippen LogP contribution is 1.84. The number of rotatable bonds is 4. The van der Waals surface area contributed by atoms with E-state index in [1.165, 1.54) is 0 Å². The lowest BCUT2D eigenvalue weighted by molar-refractivity contribution is -0.138. The maximum atomic E-state index is 10.1. The molecule has 0 rings (SSSR count). The summed E-state index contributed by atoms with van der Waals surface area (Å²) in [5, 5.41) is 8.33. The molecule has 0 heterocycles. The van der Waals surface area contributed by atoms with Gasteiger partial charge in [0.1, 0.15) is 0 Å². The third-order valence-corrected chi connectivity index (χ3v) is 1.12. The van der Waals surface area contributed by atoms with Gasteiger partial charge in [-0.15, -0.1) is 6.42 Å². The predicted molar refractivity (Wildman–Crippen MR) is 38.6 cm³/mol. The normalized spacial score (nSPS) is 9.30. The lowest BCUT2D eigenvalue weighted by atomic mass is 10.4. The summed E-state index contributed by atoms with van der Waals surface area (Å²) < 4.78 is 0. The van der Waals surface area contributed by atoms with E-state index in [9.17, 15) is 4.79 Å². The zero-order chi connectivity index (χ0) is 7.98. The number of aliphatic carboxylic acids is 1. The molecule has 56 valence electrons. The van der Waals surface area contributed by atoms with Crippen LogP contribution in [0.3, 0.4) is 0 Å². The standard InChI is InChI=1S/C7H11NO2/c1-3-5-8(4-2)6-7(9)10/h1H,4-6H2,2H3,(H,9,10). The van der Waals surface area contributed by atoms with E-state index in [-0.39, 0.29) is 6.54 Å². The summed E-state index contributed by atoms with van der Waals surface area (Å²) in [5.41, 5.74) is 0. The third-order valence-electron chi connectivity index (χ3n) is 1.12. The van der Waals surface area contributed by atoms with Gasteiger partial charge < -0.3 is 5.11 Å². The first-order chi connectivity index (χ1) is 4.70. The maximum absolute atomic E-state index is 10.1. The fourth-order valence-electron chi connectivity index (χ4n) is 0.600. The van der Waals surface area contributed by atoms with E-state index < -0.39 is 5.97 Å². The second kappa shape index (κ2) is 4.83. The van der Waals surface area contributed by atoms with E-state index in [1.807, 2.05) is 6.92 Å². The van der Waals surface area contributed by atoms with Crippen LogP contribution in [0, 0.1) is 12.3 Å². The van der Waals surface area contributed by atoms with Crippen molar-refractivity contribution >= 4 is 5.97 Å². The topological polar surface area (TPSA) is 40.5 Å². The molecule has 3 heteroatoms. The second-order valence-electron chi connectivity index (χ2n) is 1.90. The second-order valence-corrected chi connectivity index (χ2v) is 1.90. The van der Waals surface area contributed by atoms with Gasteiger partial charge in [-0.25, -0.2) is 0 Å². The zero-order valence-electron chi connectivity index (χ0n) is 6.00. The molecule has 0 unspecified atom stereocenters. The molecule has 0 bridgehead atoms. The molecule has 0 saturated heterocycles. The molecule has 0 saturated carbocycles. The smallest absolute Gasteiger partial charge is 0.317 e. The van der Waals surface area contributed by atoms with E-state index in [0.717, 1.165) is 0 Å². The molecule has 0 aromatic carbocycles. The van der Waals surface area contributed by atoms with E-state index in [2.05, 4.69) is 5.92 Å². The van der Waals surface area contributed by atoms with E-state index in [4.69, 9.17) is 11.5 Å². The fraction of sp³-hybridized carbons (Fsp3) is 0.571. The molecule has 10 heavy (non-hydrogen) atoms. The summed E-state index contributed by atoms with van der Waals surface area (Å²) in [6, 6.07) is 0. The Kier molecular flexibility index (Phi) is 4.34. The van der Waals surface area contributed by atoms with Gasteiger partial charge in [0.25, 0.3) is 0 Å². The Balaban J connectivity index is 3.62. The molecule has 0 aliphatic carbocycles. The van der Waals surface area contributed by atoms with Gasteiger partial charge in [-0.05, 0) is 6.54 Å². The highest BCUT2D eigenvalue weighted by Gasteiger charge is 2.03. The Bertz CT molecular complexity index is 148. The minimum atomic E-state index is -0.836. The lowest BCUT2D eigenvalue weighted by Gasteiger charge is -2.13. The van der Waals surface area contributed by atoms with Crippen LogP contribution < -0.4 is 0 Å². The van der Waals surface area contributed by atoms with Crippen molar-refractivity contribution in [2.24, 2.45) is 0 Å². The summed E-state index contributed by atoms with van der Waals surface area (Å²) in [5.74, 6) is 1.55. The number of carboxylic acids is 1. The largest absolute Gasteiger partial charge is 0.480 e. The van der Waals surface area contributed by atoms with E-state index in [1.54, 1.807) is 4.90 Å². The molecular weight excluding hydrogens is 130 g/mol. The van der Waals surface area contributed by atoms with Crippen molar-refractivity contribution in [2.45, 2.75) is 6.92 Å². The number of hydrogen-bond donors (Lipinski definition) is 1. The first kappa shape index (κ1) is 8.99. The van der Waals surface area contributed by atoms with Crippen LogP contribution in [0.25, 0.3) is 0 Å². The number of likely N-dealkylation sites (N-methyl/N-ethyl adjacent to an activating group) is 1. The molecule has 3 nitrogen and oxygen atoms in total. The van der Waals surface area contributed by atoms with Crippen molar-refractivity contribution < 1.29 is 9.90 Å². The molecule has 0 atom stereocenters. The van der Waals surface area contributed by atoms with Crippen molar-refractivity contribution in [2.75, 3.05) is 19.6 Å². The molecule has 1 N–H and O–H groups in total. The van der Waals surface area contributed by atoms with Gasteiger partial charge in [0.15, 0.2) is 0 Å². The van der Waals surface area contributed by atoms with Crippen LogP contribution in [0.2, 0.25) is 0 Å². The zero-order valence-corrected chi connectivity index (χ0v) is 6.00. The Hall–Kier alpha value is -1.01. The Morgan fingerprint density at radius 1 is 1.80 bits per heavy atom. The van der Waals surface area contributed by atoms with Gasteiger partial charge in [-0.1, -0.05) is 12.8 Å². The van der Waals surface area contributed by atoms with Gasteiger partial charge in [0, 0.05) is 0 Å². The van der Waals surface area contributed by atoms with Crippen LogP contribution in [0.15, 0.2) is 0 Å². The number of hydrogen-bond acceptors (Lipinski definition) is 2. The minimum absolute atomic E-state index is 0.0285. The van der Waals surface area contributed by atoms with Gasteiger partial charge in [-0.3, -0.25) is 9.69 Å². The minimum Gasteiger partial charge on any atom is -0.480 e. The average Bonchev–Trinajstić information content (AvgIpc) is 1.86. The van der Waals surface area contributed by atoms with Crippen molar-refractivity contribution in [3.63, 3.8) is 0 Å². The molecule has 0 spiro atoms. The Morgan fingerprint density at radius 2 is 2.40 bits per heavy atom. The lowest BCUT2D eigenvalue weighted by Crippen LogP contribution is -2.29. The number of nitrogens with zero attached hydrogens (tertiary/aromatic N) is 1. The van der Waals surface area contributed by atoms with Crippen LogP contribution in [-0.2, 0) is 4.79 Å². The summed E-state index contributed by atoms with van der Waals surface area (Å²) in [6.07, 6.45) is 5.00.